The molecule has 1 heterocycles. The molecule has 90 valence electrons. The highest BCUT2D eigenvalue weighted by atomic mass is 16.2. The summed E-state index contributed by atoms with van der Waals surface area (Å²) < 4.78 is 2.07. The van der Waals surface area contributed by atoms with Crippen LogP contribution in [-0.2, 0) is 4.79 Å². The molecule has 0 aliphatic carbocycles. The molecule has 0 aromatic carbocycles. The molecule has 0 saturated carbocycles. The third-order valence-electron chi connectivity index (χ3n) is 2.78. The summed E-state index contributed by atoms with van der Waals surface area (Å²) in [4.78, 5) is 11.9. The summed E-state index contributed by atoms with van der Waals surface area (Å²) in [6.07, 6.45) is 0. The van der Waals surface area contributed by atoms with Crippen LogP contribution in [0.2, 0.25) is 0 Å². The fourth-order valence-corrected chi connectivity index (χ4v) is 1.86. The van der Waals surface area contributed by atoms with Crippen molar-refractivity contribution < 1.29 is 4.79 Å². The predicted octanol–water partition coefficient (Wildman–Crippen LogP) is 2.44. The molecule has 0 aliphatic rings. The number of hydrogen-bond acceptors (Lipinski definition) is 1. The third-order valence-corrected chi connectivity index (χ3v) is 2.78. The standard InChI is InChI=1S/C13H22N2O/c1-9(2)8-14-13(16)12(5)15-10(3)6-7-11(15)4/h6-7,9,12H,8H2,1-5H3,(H,14,16). The van der Waals surface area contributed by atoms with E-state index in [1.165, 1.54) is 0 Å². The van der Waals surface area contributed by atoms with Gasteiger partial charge in [-0.1, -0.05) is 13.8 Å². The Balaban J connectivity index is 2.71. The number of hydrogen-bond donors (Lipinski definition) is 1. The van der Waals surface area contributed by atoms with Crippen LogP contribution in [0, 0.1) is 19.8 Å². The summed E-state index contributed by atoms with van der Waals surface area (Å²) >= 11 is 0. The molecule has 0 aliphatic heterocycles. The van der Waals surface area contributed by atoms with Gasteiger partial charge >= 0.3 is 0 Å². The van der Waals surface area contributed by atoms with Gasteiger partial charge in [0, 0.05) is 17.9 Å². The molecule has 0 bridgehead atoms. The molecule has 1 aromatic rings. The average molecular weight is 222 g/mol. The lowest BCUT2D eigenvalue weighted by Crippen LogP contribution is -2.34. The number of amides is 1. The van der Waals surface area contributed by atoms with Crippen molar-refractivity contribution in [3.05, 3.63) is 23.5 Å². The minimum atomic E-state index is -0.131. The Kier molecular flexibility index (Phi) is 4.16. The lowest BCUT2D eigenvalue weighted by Gasteiger charge is -2.18. The van der Waals surface area contributed by atoms with E-state index in [1.807, 2.05) is 32.9 Å². The first-order chi connectivity index (χ1) is 7.43. The monoisotopic (exact) mass is 222 g/mol. The van der Waals surface area contributed by atoms with Gasteiger partial charge in [0.25, 0.3) is 0 Å². The second-order valence-corrected chi connectivity index (χ2v) is 4.80. The fourth-order valence-electron chi connectivity index (χ4n) is 1.86. The molecule has 1 aromatic heterocycles. The number of carbonyl (C=O) groups excluding carboxylic acids is 1. The van der Waals surface area contributed by atoms with Crippen molar-refractivity contribution in [2.75, 3.05) is 6.54 Å². The number of rotatable bonds is 4. The van der Waals surface area contributed by atoms with E-state index >= 15 is 0 Å². The van der Waals surface area contributed by atoms with E-state index in [4.69, 9.17) is 0 Å². The van der Waals surface area contributed by atoms with E-state index in [2.05, 4.69) is 23.7 Å². The summed E-state index contributed by atoms with van der Waals surface area (Å²) in [5.41, 5.74) is 2.26. The SMILES string of the molecule is Cc1ccc(C)n1C(C)C(=O)NCC(C)C. The van der Waals surface area contributed by atoms with Crippen molar-refractivity contribution in [1.82, 2.24) is 9.88 Å². The van der Waals surface area contributed by atoms with E-state index in [-0.39, 0.29) is 11.9 Å². The van der Waals surface area contributed by atoms with Gasteiger partial charge in [-0.3, -0.25) is 4.79 Å². The zero-order valence-corrected chi connectivity index (χ0v) is 10.9. The first-order valence-corrected chi connectivity index (χ1v) is 5.85. The van der Waals surface area contributed by atoms with Crippen LogP contribution < -0.4 is 5.32 Å². The lowest BCUT2D eigenvalue weighted by molar-refractivity contribution is -0.124. The van der Waals surface area contributed by atoms with Gasteiger partial charge in [-0.25, -0.2) is 0 Å². The van der Waals surface area contributed by atoms with E-state index in [0.29, 0.717) is 5.92 Å². The van der Waals surface area contributed by atoms with Crippen molar-refractivity contribution >= 4 is 5.91 Å². The molecule has 1 amide bonds. The number of carbonyl (C=O) groups is 1. The molecule has 1 rings (SSSR count). The molecule has 0 fully saturated rings. The molecule has 1 atom stereocenters. The first-order valence-electron chi connectivity index (χ1n) is 5.85. The largest absolute Gasteiger partial charge is 0.354 e. The first kappa shape index (κ1) is 12.8. The summed E-state index contributed by atoms with van der Waals surface area (Å²) in [6.45, 7) is 10.9. The average Bonchev–Trinajstić information content (AvgIpc) is 2.54. The van der Waals surface area contributed by atoms with E-state index in [1.54, 1.807) is 0 Å². The van der Waals surface area contributed by atoms with Crippen molar-refractivity contribution in [1.29, 1.82) is 0 Å². The Morgan fingerprint density at radius 2 is 1.75 bits per heavy atom. The van der Waals surface area contributed by atoms with Crippen molar-refractivity contribution in [2.45, 2.75) is 40.7 Å². The van der Waals surface area contributed by atoms with Crippen LogP contribution in [-0.4, -0.2) is 17.0 Å². The maximum atomic E-state index is 11.9. The highest BCUT2D eigenvalue weighted by Crippen LogP contribution is 2.15. The van der Waals surface area contributed by atoms with Crippen LogP contribution in [0.4, 0.5) is 0 Å². The Labute approximate surface area is 97.8 Å². The summed E-state index contributed by atoms with van der Waals surface area (Å²) in [6, 6.07) is 3.96. The van der Waals surface area contributed by atoms with Gasteiger partial charge in [0.15, 0.2) is 0 Å². The Hall–Kier alpha value is -1.25. The van der Waals surface area contributed by atoms with Crippen LogP contribution >= 0.6 is 0 Å². The van der Waals surface area contributed by atoms with E-state index in [0.717, 1.165) is 17.9 Å². The van der Waals surface area contributed by atoms with Crippen LogP contribution in [0.3, 0.4) is 0 Å². The Bertz CT molecular complexity index is 347. The van der Waals surface area contributed by atoms with Gasteiger partial charge < -0.3 is 9.88 Å². The minimum absolute atomic E-state index is 0.0936. The predicted molar refractivity (Wildman–Crippen MR) is 66.5 cm³/mol. The lowest BCUT2D eigenvalue weighted by atomic mass is 10.2. The second kappa shape index (κ2) is 5.19. The van der Waals surface area contributed by atoms with Gasteiger partial charge in [0.05, 0.1) is 0 Å². The molecular formula is C13H22N2O. The number of nitrogens with one attached hydrogen (secondary N) is 1. The molecule has 3 heteroatoms. The van der Waals surface area contributed by atoms with Crippen LogP contribution in [0.15, 0.2) is 12.1 Å². The smallest absolute Gasteiger partial charge is 0.242 e. The van der Waals surface area contributed by atoms with Crippen molar-refractivity contribution in [2.24, 2.45) is 5.92 Å². The molecule has 1 unspecified atom stereocenters. The fraction of sp³-hybridized carbons (Fsp3) is 0.615. The maximum absolute atomic E-state index is 11.9. The molecule has 0 spiro atoms. The third kappa shape index (κ3) is 2.87. The Morgan fingerprint density at radius 3 is 2.19 bits per heavy atom. The van der Waals surface area contributed by atoms with Gasteiger partial charge in [0.1, 0.15) is 6.04 Å². The quantitative estimate of drug-likeness (QED) is 0.834. The molecule has 0 saturated heterocycles. The summed E-state index contributed by atoms with van der Waals surface area (Å²) in [7, 11) is 0. The van der Waals surface area contributed by atoms with Crippen LogP contribution in [0.25, 0.3) is 0 Å². The van der Waals surface area contributed by atoms with Crippen molar-refractivity contribution in [3.63, 3.8) is 0 Å². The zero-order chi connectivity index (χ0) is 12.3. The van der Waals surface area contributed by atoms with E-state index in [9.17, 15) is 4.79 Å². The number of nitrogens with zero attached hydrogens (tertiary/aromatic N) is 1. The van der Waals surface area contributed by atoms with Crippen LogP contribution in [0.5, 0.6) is 0 Å². The Morgan fingerprint density at radius 1 is 1.25 bits per heavy atom. The highest BCUT2D eigenvalue weighted by molar-refractivity contribution is 5.80. The molecule has 16 heavy (non-hydrogen) atoms. The number of aromatic nitrogens is 1. The molecule has 3 nitrogen and oxygen atoms in total. The highest BCUT2D eigenvalue weighted by Gasteiger charge is 2.17. The van der Waals surface area contributed by atoms with Gasteiger partial charge in [-0.2, -0.15) is 0 Å². The zero-order valence-electron chi connectivity index (χ0n) is 10.9. The topological polar surface area (TPSA) is 34.0 Å². The van der Waals surface area contributed by atoms with Gasteiger partial charge in [0.2, 0.25) is 5.91 Å². The summed E-state index contributed by atoms with van der Waals surface area (Å²) in [5, 5.41) is 2.96. The van der Waals surface area contributed by atoms with E-state index < -0.39 is 0 Å². The van der Waals surface area contributed by atoms with Crippen LogP contribution in [0.1, 0.15) is 38.2 Å². The van der Waals surface area contributed by atoms with Crippen molar-refractivity contribution in [3.8, 4) is 0 Å². The normalized spacial score (nSPS) is 12.9. The maximum Gasteiger partial charge on any atom is 0.242 e. The second-order valence-electron chi connectivity index (χ2n) is 4.80. The molecular weight excluding hydrogens is 200 g/mol. The molecule has 1 N–H and O–H groups in total. The van der Waals surface area contributed by atoms with Gasteiger partial charge in [-0.05, 0) is 38.8 Å². The summed E-state index contributed by atoms with van der Waals surface area (Å²) in [5.74, 6) is 0.583. The number of aryl methyl sites for hydroxylation is 2. The minimum Gasteiger partial charge on any atom is -0.354 e. The van der Waals surface area contributed by atoms with Gasteiger partial charge in [-0.15, -0.1) is 0 Å². The molecule has 0 radical (unpaired) electrons.